The molecule has 0 bridgehead atoms. The van der Waals surface area contributed by atoms with Crippen molar-refractivity contribution in [2.45, 2.75) is 45.1 Å². The van der Waals surface area contributed by atoms with Gasteiger partial charge in [-0.3, -0.25) is 4.57 Å². The zero-order chi connectivity index (χ0) is 16.2. The molecule has 0 saturated heterocycles. The van der Waals surface area contributed by atoms with E-state index in [1.807, 2.05) is 17.9 Å². The fraction of sp³-hybridized carbons (Fsp3) is 0.471. The van der Waals surface area contributed by atoms with Crippen molar-refractivity contribution in [2.75, 3.05) is 6.54 Å². The van der Waals surface area contributed by atoms with Crippen LogP contribution in [0.25, 0.3) is 11.3 Å². The molecule has 6 heteroatoms. The zero-order valence-electron chi connectivity index (χ0n) is 13.4. The molecule has 0 aliphatic heterocycles. The monoisotopic (exact) mass is 314 g/mol. The first-order chi connectivity index (χ1) is 11.2. The number of hydrogen-bond acceptors (Lipinski definition) is 3. The molecule has 1 aliphatic carbocycles. The number of carbonyl (C=O) groups excluding carboxylic acids is 1. The molecule has 122 valence electrons. The van der Waals surface area contributed by atoms with Crippen LogP contribution in [-0.2, 0) is 0 Å². The maximum atomic E-state index is 12.8. The first-order valence-electron chi connectivity index (χ1n) is 8.23. The molecule has 0 radical (unpaired) electrons. The highest BCUT2D eigenvalue weighted by atomic mass is 16.5. The van der Waals surface area contributed by atoms with Gasteiger partial charge in [0, 0.05) is 24.8 Å². The Morgan fingerprint density at radius 2 is 2.22 bits per heavy atom. The SMILES string of the molecule is CCN(C(=O)n1cnc(-c2ccc[n+]([O-])c2)c1)C1CCCCC1. The summed E-state index contributed by atoms with van der Waals surface area (Å²) in [7, 11) is 0. The predicted octanol–water partition coefficient (Wildman–Crippen LogP) is 2.81. The van der Waals surface area contributed by atoms with E-state index in [0.29, 0.717) is 23.8 Å². The summed E-state index contributed by atoms with van der Waals surface area (Å²) < 4.78 is 2.26. The summed E-state index contributed by atoms with van der Waals surface area (Å²) in [4.78, 5) is 19.0. The van der Waals surface area contributed by atoms with Crippen LogP contribution in [0.15, 0.2) is 37.1 Å². The lowest BCUT2D eigenvalue weighted by Crippen LogP contribution is -2.43. The van der Waals surface area contributed by atoms with Gasteiger partial charge in [0.1, 0.15) is 6.33 Å². The Morgan fingerprint density at radius 1 is 1.43 bits per heavy atom. The van der Waals surface area contributed by atoms with Gasteiger partial charge < -0.3 is 10.1 Å². The quantitative estimate of drug-likeness (QED) is 0.646. The van der Waals surface area contributed by atoms with Crippen molar-refractivity contribution in [1.29, 1.82) is 0 Å². The third-order valence-electron chi connectivity index (χ3n) is 4.48. The average molecular weight is 314 g/mol. The Balaban J connectivity index is 1.79. The van der Waals surface area contributed by atoms with Crippen LogP contribution in [0.1, 0.15) is 39.0 Å². The van der Waals surface area contributed by atoms with E-state index in [0.717, 1.165) is 17.6 Å². The minimum atomic E-state index is -0.0379. The summed E-state index contributed by atoms with van der Waals surface area (Å²) in [5.74, 6) is 0. The van der Waals surface area contributed by atoms with E-state index in [2.05, 4.69) is 4.98 Å². The van der Waals surface area contributed by atoms with Crippen LogP contribution < -0.4 is 4.73 Å². The lowest BCUT2D eigenvalue weighted by molar-refractivity contribution is -0.604. The molecule has 1 aliphatic rings. The topological polar surface area (TPSA) is 65.1 Å². The van der Waals surface area contributed by atoms with E-state index in [4.69, 9.17) is 0 Å². The molecule has 3 rings (SSSR count). The summed E-state index contributed by atoms with van der Waals surface area (Å²) in [5.41, 5.74) is 1.33. The van der Waals surface area contributed by atoms with Crippen LogP contribution in [0.2, 0.25) is 0 Å². The van der Waals surface area contributed by atoms with Crippen LogP contribution in [-0.4, -0.2) is 33.1 Å². The third kappa shape index (κ3) is 3.36. The Bertz CT molecular complexity index is 677. The second-order valence-corrected chi connectivity index (χ2v) is 5.98. The number of imidazole rings is 1. The minimum absolute atomic E-state index is 0.0379. The number of pyridine rings is 1. The molecule has 1 saturated carbocycles. The highest BCUT2D eigenvalue weighted by molar-refractivity contribution is 5.78. The van der Waals surface area contributed by atoms with Crippen molar-refractivity contribution in [3.8, 4) is 11.3 Å². The van der Waals surface area contributed by atoms with E-state index >= 15 is 0 Å². The molecule has 2 heterocycles. The summed E-state index contributed by atoms with van der Waals surface area (Å²) >= 11 is 0. The average Bonchev–Trinajstić information content (AvgIpc) is 3.06. The maximum absolute atomic E-state index is 12.8. The molecule has 1 amide bonds. The van der Waals surface area contributed by atoms with E-state index in [-0.39, 0.29) is 6.03 Å². The number of aromatic nitrogens is 3. The van der Waals surface area contributed by atoms with Gasteiger partial charge in [-0.15, -0.1) is 0 Å². The van der Waals surface area contributed by atoms with Crippen molar-refractivity contribution < 1.29 is 9.52 Å². The molecule has 6 nitrogen and oxygen atoms in total. The molecule has 0 aromatic carbocycles. The molecule has 0 atom stereocenters. The zero-order valence-corrected chi connectivity index (χ0v) is 13.4. The lowest BCUT2D eigenvalue weighted by atomic mass is 9.94. The van der Waals surface area contributed by atoms with Gasteiger partial charge in [0.15, 0.2) is 12.4 Å². The Kier molecular flexibility index (Phi) is 4.60. The summed E-state index contributed by atoms with van der Waals surface area (Å²) in [5, 5.41) is 11.4. The van der Waals surface area contributed by atoms with E-state index < -0.39 is 0 Å². The van der Waals surface area contributed by atoms with Crippen molar-refractivity contribution in [3.63, 3.8) is 0 Å². The van der Waals surface area contributed by atoms with Crippen molar-refractivity contribution >= 4 is 6.03 Å². The Hall–Kier alpha value is -2.37. The van der Waals surface area contributed by atoms with Crippen molar-refractivity contribution in [2.24, 2.45) is 0 Å². The second-order valence-electron chi connectivity index (χ2n) is 5.98. The van der Waals surface area contributed by atoms with E-state index in [1.54, 1.807) is 12.3 Å². The van der Waals surface area contributed by atoms with Gasteiger partial charge in [0.25, 0.3) is 0 Å². The fourth-order valence-corrected chi connectivity index (χ4v) is 3.27. The molecule has 0 unspecified atom stereocenters. The molecule has 23 heavy (non-hydrogen) atoms. The fourth-order valence-electron chi connectivity index (χ4n) is 3.27. The van der Waals surface area contributed by atoms with Crippen LogP contribution in [0.5, 0.6) is 0 Å². The van der Waals surface area contributed by atoms with Gasteiger partial charge in [-0.2, -0.15) is 4.73 Å². The van der Waals surface area contributed by atoms with Gasteiger partial charge >= 0.3 is 6.03 Å². The van der Waals surface area contributed by atoms with Crippen molar-refractivity contribution in [1.82, 2.24) is 14.5 Å². The Morgan fingerprint density at radius 3 is 2.91 bits per heavy atom. The molecule has 2 aromatic heterocycles. The smallest absolute Gasteiger partial charge is 0.329 e. The van der Waals surface area contributed by atoms with E-state index in [9.17, 15) is 10.0 Å². The molecule has 0 N–H and O–H groups in total. The largest absolute Gasteiger partial charge is 0.619 e. The normalized spacial score (nSPS) is 15.5. The second kappa shape index (κ2) is 6.81. The van der Waals surface area contributed by atoms with Gasteiger partial charge in [-0.25, -0.2) is 9.78 Å². The standard InChI is InChI=1S/C17H22N4O2/c1-2-21(15-8-4-3-5-9-15)17(22)19-12-16(18-13-19)14-7-6-10-20(23)11-14/h6-7,10-13,15H,2-5,8-9H2,1H3. The van der Waals surface area contributed by atoms with Crippen molar-refractivity contribution in [3.05, 3.63) is 42.3 Å². The molecular weight excluding hydrogens is 292 g/mol. The molecule has 0 spiro atoms. The van der Waals surface area contributed by atoms with Crippen LogP contribution in [0.3, 0.4) is 0 Å². The van der Waals surface area contributed by atoms with Crippen LogP contribution in [0.4, 0.5) is 4.79 Å². The molecule has 1 fully saturated rings. The van der Waals surface area contributed by atoms with Gasteiger partial charge in [-0.1, -0.05) is 19.3 Å². The summed E-state index contributed by atoms with van der Waals surface area (Å²) in [6, 6.07) is 3.77. The van der Waals surface area contributed by atoms with Gasteiger partial charge in [0.05, 0.1) is 11.3 Å². The summed E-state index contributed by atoms with van der Waals surface area (Å²) in [6.45, 7) is 2.71. The highest BCUT2D eigenvalue weighted by Gasteiger charge is 2.25. The number of rotatable bonds is 3. The Labute approximate surface area is 136 Å². The van der Waals surface area contributed by atoms with Crippen LogP contribution >= 0.6 is 0 Å². The first kappa shape index (κ1) is 15.5. The molecular formula is C17H22N4O2. The van der Waals surface area contributed by atoms with Crippen LogP contribution in [0, 0.1) is 5.21 Å². The lowest BCUT2D eigenvalue weighted by Gasteiger charge is -2.33. The number of hydrogen-bond donors (Lipinski definition) is 0. The van der Waals surface area contributed by atoms with E-state index in [1.165, 1.54) is 42.6 Å². The molecule has 2 aromatic rings. The summed E-state index contributed by atoms with van der Waals surface area (Å²) in [6.07, 6.45) is 11.9. The highest BCUT2D eigenvalue weighted by Crippen LogP contribution is 2.23. The predicted molar refractivity (Wildman–Crippen MR) is 86.7 cm³/mol. The number of carbonyl (C=O) groups is 1. The number of amides is 1. The third-order valence-corrected chi connectivity index (χ3v) is 4.48. The van der Waals surface area contributed by atoms with Gasteiger partial charge in [0.2, 0.25) is 0 Å². The minimum Gasteiger partial charge on any atom is -0.619 e. The first-order valence-corrected chi connectivity index (χ1v) is 8.23. The van der Waals surface area contributed by atoms with Gasteiger partial charge in [-0.05, 0) is 25.8 Å². The maximum Gasteiger partial charge on any atom is 0.329 e. The number of nitrogens with zero attached hydrogens (tertiary/aromatic N) is 4.